The second-order valence-electron chi connectivity index (χ2n) is 5.81. The fourth-order valence-electron chi connectivity index (χ4n) is 0.596. The minimum atomic E-state index is -0.0144. The zero-order chi connectivity index (χ0) is 10.9. The predicted molar refractivity (Wildman–Crippen MR) is 60.0 cm³/mol. The largest absolute Gasteiger partial charge is 0.387 e. The lowest BCUT2D eigenvalue weighted by Gasteiger charge is -2.26. The summed E-state index contributed by atoms with van der Waals surface area (Å²) in [6, 6.07) is 0.270. The van der Waals surface area contributed by atoms with Crippen LogP contribution in [-0.2, 0) is 0 Å². The highest BCUT2D eigenvalue weighted by Gasteiger charge is 2.22. The molecule has 1 atom stereocenters. The molecule has 0 saturated heterocycles. The third kappa shape index (κ3) is 4.30. The van der Waals surface area contributed by atoms with Gasteiger partial charge < -0.3 is 5.73 Å². The van der Waals surface area contributed by atoms with Crippen LogP contribution in [0.2, 0.25) is 0 Å². The number of hydrogen-bond acceptors (Lipinski definition) is 1. The fraction of sp³-hybridized carbons (Fsp3) is 0.909. The average Bonchev–Trinajstić information content (AvgIpc) is 1.82. The molecule has 0 radical (unpaired) electrons. The molecule has 2 nitrogen and oxygen atoms in total. The topological polar surface area (TPSA) is 38.4 Å². The van der Waals surface area contributed by atoms with E-state index < -0.39 is 0 Å². The quantitative estimate of drug-likeness (QED) is 0.494. The van der Waals surface area contributed by atoms with Crippen molar-refractivity contribution in [3.63, 3.8) is 0 Å². The fourth-order valence-corrected chi connectivity index (χ4v) is 0.596. The van der Waals surface area contributed by atoms with Gasteiger partial charge in [-0.3, -0.25) is 4.99 Å². The van der Waals surface area contributed by atoms with Crippen LogP contribution in [0.3, 0.4) is 0 Å². The van der Waals surface area contributed by atoms with Crippen LogP contribution in [0, 0.1) is 10.8 Å². The Morgan fingerprint density at radius 2 is 1.46 bits per heavy atom. The van der Waals surface area contributed by atoms with Crippen molar-refractivity contribution in [2.45, 2.75) is 54.5 Å². The van der Waals surface area contributed by atoms with E-state index in [1.807, 2.05) is 0 Å². The summed E-state index contributed by atoms with van der Waals surface area (Å²) >= 11 is 0. The summed E-state index contributed by atoms with van der Waals surface area (Å²) in [5.74, 6) is 0.745. The molecule has 2 heteroatoms. The molecule has 0 aliphatic carbocycles. The molecule has 0 aliphatic heterocycles. The van der Waals surface area contributed by atoms with Crippen LogP contribution in [0.25, 0.3) is 0 Å². The predicted octanol–water partition coefficient (Wildman–Crippen LogP) is 2.82. The Morgan fingerprint density at radius 3 is 1.69 bits per heavy atom. The lowest BCUT2D eigenvalue weighted by Crippen LogP contribution is -2.33. The first-order chi connectivity index (χ1) is 5.55. The molecule has 13 heavy (non-hydrogen) atoms. The van der Waals surface area contributed by atoms with Gasteiger partial charge in [0.05, 0.1) is 11.9 Å². The zero-order valence-electron chi connectivity index (χ0n) is 10.1. The van der Waals surface area contributed by atoms with Crippen LogP contribution in [0.15, 0.2) is 4.99 Å². The van der Waals surface area contributed by atoms with Gasteiger partial charge in [0, 0.05) is 5.41 Å². The summed E-state index contributed by atoms with van der Waals surface area (Å²) < 4.78 is 0. The zero-order valence-corrected chi connectivity index (χ0v) is 10.1. The molecule has 78 valence electrons. The lowest BCUT2D eigenvalue weighted by atomic mass is 9.87. The molecule has 1 unspecified atom stereocenters. The van der Waals surface area contributed by atoms with Crippen molar-refractivity contribution in [3.05, 3.63) is 0 Å². The number of aliphatic imine (C=N–C) groups is 1. The van der Waals surface area contributed by atoms with E-state index in [4.69, 9.17) is 5.73 Å². The van der Waals surface area contributed by atoms with Gasteiger partial charge in [-0.25, -0.2) is 0 Å². The van der Waals surface area contributed by atoms with Gasteiger partial charge in [-0.2, -0.15) is 0 Å². The van der Waals surface area contributed by atoms with Crippen molar-refractivity contribution >= 4 is 5.84 Å². The van der Waals surface area contributed by atoms with Crippen molar-refractivity contribution in [2.24, 2.45) is 21.6 Å². The van der Waals surface area contributed by atoms with E-state index in [9.17, 15) is 0 Å². The van der Waals surface area contributed by atoms with Crippen LogP contribution >= 0.6 is 0 Å². The Kier molecular flexibility index (Phi) is 3.54. The van der Waals surface area contributed by atoms with Crippen LogP contribution in [0.4, 0.5) is 0 Å². The van der Waals surface area contributed by atoms with E-state index in [-0.39, 0.29) is 16.9 Å². The van der Waals surface area contributed by atoms with Crippen LogP contribution in [0.1, 0.15) is 48.5 Å². The molecule has 0 aromatic rings. The van der Waals surface area contributed by atoms with Crippen LogP contribution in [-0.4, -0.2) is 11.9 Å². The molecule has 0 bridgehead atoms. The van der Waals surface area contributed by atoms with Gasteiger partial charge >= 0.3 is 0 Å². The number of nitrogens with two attached hydrogens (primary N) is 1. The molecule has 0 saturated carbocycles. The first-order valence-electron chi connectivity index (χ1n) is 4.89. The summed E-state index contributed by atoms with van der Waals surface area (Å²) in [4.78, 5) is 4.51. The Labute approximate surface area is 82.6 Å². The third-order valence-electron chi connectivity index (χ3n) is 2.35. The maximum Gasteiger partial charge on any atom is 0.0994 e. The van der Waals surface area contributed by atoms with E-state index in [0.29, 0.717) is 0 Å². The van der Waals surface area contributed by atoms with Crippen molar-refractivity contribution < 1.29 is 0 Å². The van der Waals surface area contributed by atoms with Gasteiger partial charge in [0.15, 0.2) is 0 Å². The minimum Gasteiger partial charge on any atom is -0.387 e. The molecule has 0 aliphatic rings. The molecule has 0 spiro atoms. The maximum atomic E-state index is 5.90. The Bertz CT molecular complexity index is 191. The molecule has 0 aromatic carbocycles. The molecule has 0 heterocycles. The maximum absolute atomic E-state index is 5.90. The monoisotopic (exact) mass is 184 g/mol. The summed E-state index contributed by atoms with van der Waals surface area (Å²) in [5.41, 5.74) is 6.07. The standard InChI is InChI=1S/C11H24N2/c1-8(10(2,3)4)13-9(12)11(5,6)7/h8H,1-7H3,(H2,12,13). The Morgan fingerprint density at radius 1 is 1.08 bits per heavy atom. The van der Waals surface area contributed by atoms with Crippen LogP contribution in [0.5, 0.6) is 0 Å². The molecule has 0 fully saturated rings. The van der Waals surface area contributed by atoms with Crippen molar-refractivity contribution in [1.82, 2.24) is 0 Å². The van der Waals surface area contributed by atoms with Gasteiger partial charge in [-0.1, -0.05) is 41.5 Å². The summed E-state index contributed by atoms with van der Waals surface area (Å²) in [6.45, 7) is 14.9. The van der Waals surface area contributed by atoms with Gasteiger partial charge in [-0.15, -0.1) is 0 Å². The second kappa shape index (κ2) is 3.69. The Balaban J connectivity index is 4.59. The first-order valence-corrected chi connectivity index (χ1v) is 4.89. The lowest BCUT2D eigenvalue weighted by molar-refractivity contribution is 0.339. The molecular formula is C11H24N2. The number of rotatable bonds is 1. The second-order valence-corrected chi connectivity index (χ2v) is 5.81. The van der Waals surface area contributed by atoms with Crippen LogP contribution < -0.4 is 5.73 Å². The van der Waals surface area contributed by atoms with Gasteiger partial charge in [0.25, 0.3) is 0 Å². The molecule has 0 rings (SSSR count). The highest BCUT2D eigenvalue weighted by atomic mass is 14.9. The average molecular weight is 184 g/mol. The van der Waals surface area contributed by atoms with E-state index in [2.05, 4.69) is 53.5 Å². The van der Waals surface area contributed by atoms with E-state index in [1.165, 1.54) is 0 Å². The highest BCUT2D eigenvalue weighted by Crippen LogP contribution is 2.23. The van der Waals surface area contributed by atoms with Gasteiger partial charge in [0.2, 0.25) is 0 Å². The van der Waals surface area contributed by atoms with Gasteiger partial charge in [-0.05, 0) is 12.3 Å². The number of nitrogens with zero attached hydrogens (tertiary/aromatic N) is 1. The summed E-state index contributed by atoms with van der Waals surface area (Å²) in [6.07, 6.45) is 0. The van der Waals surface area contributed by atoms with Crippen molar-refractivity contribution in [1.29, 1.82) is 0 Å². The smallest absolute Gasteiger partial charge is 0.0994 e. The van der Waals surface area contributed by atoms with E-state index in [0.717, 1.165) is 5.84 Å². The third-order valence-corrected chi connectivity index (χ3v) is 2.35. The SMILES string of the molecule is CC(N=C(N)C(C)(C)C)C(C)(C)C. The summed E-state index contributed by atoms with van der Waals surface area (Å²) in [5, 5.41) is 0. The molecule has 2 N–H and O–H groups in total. The normalized spacial score (nSPS) is 17.3. The molecule has 0 amide bonds. The molecule has 0 aromatic heterocycles. The van der Waals surface area contributed by atoms with Crippen molar-refractivity contribution in [2.75, 3.05) is 0 Å². The van der Waals surface area contributed by atoms with E-state index >= 15 is 0 Å². The highest BCUT2D eigenvalue weighted by molar-refractivity contribution is 5.85. The molecular weight excluding hydrogens is 160 g/mol. The van der Waals surface area contributed by atoms with E-state index in [1.54, 1.807) is 0 Å². The number of amidine groups is 1. The van der Waals surface area contributed by atoms with Gasteiger partial charge in [0.1, 0.15) is 0 Å². The summed E-state index contributed by atoms with van der Waals surface area (Å²) in [7, 11) is 0. The first kappa shape index (κ1) is 12.5. The Hall–Kier alpha value is -0.530. The number of hydrogen-bond donors (Lipinski definition) is 1. The van der Waals surface area contributed by atoms with Crippen molar-refractivity contribution in [3.8, 4) is 0 Å². The minimum absolute atomic E-state index is 0.0144.